The Balaban J connectivity index is 1.34. The van der Waals surface area contributed by atoms with E-state index in [0.29, 0.717) is 6.04 Å². The zero-order valence-corrected chi connectivity index (χ0v) is 17.6. The molecule has 3 heterocycles. The molecule has 1 saturated carbocycles. The quantitative estimate of drug-likeness (QED) is 0.541. The van der Waals surface area contributed by atoms with Gasteiger partial charge >= 0.3 is 0 Å². The van der Waals surface area contributed by atoms with Crippen LogP contribution in [0.3, 0.4) is 0 Å². The Kier molecular flexibility index (Phi) is 5.76. The molecular formula is C26H38N2. The third kappa shape index (κ3) is 3.77. The molecule has 1 aromatic heterocycles. The number of para-hydroxylation sites is 1. The molecule has 0 amide bonds. The van der Waals surface area contributed by atoms with E-state index < -0.39 is 0 Å². The van der Waals surface area contributed by atoms with Crippen LogP contribution in [0.1, 0.15) is 95.9 Å². The molecule has 3 aliphatic rings. The molecule has 0 N–H and O–H groups in total. The lowest BCUT2D eigenvalue weighted by Crippen LogP contribution is -2.56. The molecule has 0 spiro atoms. The van der Waals surface area contributed by atoms with Crippen LogP contribution in [0.5, 0.6) is 0 Å². The Morgan fingerprint density at radius 2 is 1.18 bits per heavy atom. The summed E-state index contributed by atoms with van der Waals surface area (Å²) in [6.45, 7) is 0. The number of rotatable bonds is 2. The van der Waals surface area contributed by atoms with Gasteiger partial charge in [-0.3, -0.25) is 4.90 Å². The molecule has 152 valence electrons. The molecule has 2 saturated heterocycles. The predicted octanol–water partition coefficient (Wildman–Crippen LogP) is 7.09. The van der Waals surface area contributed by atoms with E-state index in [1.807, 2.05) is 0 Å². The molecule has 2 bridgehead atoms. The summed E-state index contributed by atoms with van der Waals surface area (Å²) in [7, 11) is 0. The van der Waals surface area contributed by atoms with Gasteiger partial charge in [-0.05, 0) is 56.0 Å². The molecule has 2 aromatic rings. The van der Waals surface area contributed by atoms with Crippen molar-refractivity contribution >= 4 is 10.9 Å². The second-order valence-corrected chi connectivity index (χ2v) is 9.80. The largest absolute Gasteiger partial charge is 0.344 e. The van der Waals surface area contributed by atoms with Gasteiger partial charge in [0.25, 0.3) is 0 Å². The van der Waals surface area contributed by atoms with Crippen molar-refractivity contribution in [3.05, 3.63) is 36.5 Å². The molecule has 0 radical (unpaired) electrons. The van der Waals surface area contributed by atoms with Crippen molar-refractivity contribution in [3.63, 3.8) is 0 Å². The molecule has 28 heavy (non-hydrogen) atoms. The van der Waals surface area contributed by atoms with E-state index in [4.69, 9.17) is 0 Å². The fourth-order valence-electron chi connectivity index (χ4n) is 6.72. The first-order chi connectivity index (χ1) is 13.9. The van der Waals surface area contributed by atoms with Crippen LogP contribution in [0.15, 0.2) is 36.5 Å². The highest BCUT2D eigenvalue weighted by atomic mass is 15.2. The monoisotopic (exact) mass is 378 g/mol. The molecule has 5 rings (SSSR count). The smallest absolute Gasteiger partial charge is 0.0482 e. The highest BCUT2D eigenvalue weighted by molar-refractivity contribution is 5.80. The number of aromatic nitrogens is 1. The lowest BCUT2D eigenvalue weighted by molar-refractivity contribution is -0.0234. The Labute approximate surface area is 171 Å². The number of hydrogen-bond acceptors (Lipinski definition) is 1. The summed E-state index contributed by atoms with van der Waals surface area (Å²) in [5, 5.41) is 1.41. The lowest BCUT2D eigenvalue weighted by atomic mass is 9.79. The standard InChI is InChI=1S/C26H38N2/c1-2-4-6-12-22(13-7-5-3-1)28-23-14-10-15-24(28)20-25(19-23)27-18-17-21-11-8-9-16-26(21)27/h8-9,11,16-18,22-25H,1-7,10,12-15,19-20H2/t23-,24+,25?. The van der Waals surface area contributed by atoms with Gasteiger partial charge < -0.3 is 4.57 Å². The van der Waals surface area contributed by atoms with E-state index in [9.17, 15) is 0 Å². The van der Waals surface area contributed by atoms with Crippen LogP contribution in [0.4, 0.5) is 0 Å². The summed E-state index contributed by atoms with van der Waals surface area (Å²) in [4.78, 5) is 3.06. The maximum Gasteiger partial charge on any atom is 0.0482 e. The van der Waals surface area contributed by atoms with E-state index in [2.05, 4.69) is 46.0 Å². The Bertz CT molecular complexity index is 739. The molecular weight excluding hydrogens is 340 g/mol. The highest BCUT2D eigenvalue weighted by Gasteiger charge is 2.41. The Morgan fingerprint density at radius 3 is 1.89 bits per heavy atom. The van der Waals surface area contributed by atoms with E-state index in [1.54, 1.807) is 0 Å². The van der Waals surface area contributed by atoms with Crippen molar-refractivity contribution in [2.75, 3.05) is 0 Å². The summed E-state index contributed by atoms with van der Waals surface area (Å²) >= 11 is 0. The van der Waals surface area contributed by atoms with Gasteiger partial charge in [-0.25, -0.2) is 0 Å². The van der Waals surface area contributed by atoms with Crippen LogP contribution < -0.4 is 0 Å². The number of nitrogens with zero attached hydrogens (tertiary/aromatic N) is 2. The molecule has 2 heteroatoms. The molecule has 3 atom stereocenters. The zero-order chi connectivity index (χ0) is 18.8. The first-order valence-electron chi connectivity index (χ1n) is 12.2. The first kappa shape index (κ1) is 18.7. The normalized spacial score (nSPS) is 31.1. The third-order valence-corrected chi connectivity index (χ3v) is 8.03. The van der Waals surface area contributed by atoms with Crippen molar-refractivity contribution in [1.29, 1.82) is 0 Å². The highest BCUT2D eigenvalue weighted by Crippen LogP contribution is 2.43. The number of fused-ring (bicyclic) bond motifs is 3. The summed E-state index contributed by atoms with van der Waals surface area (Å²) in [6.07, 6.45) is 22.6. The van der Waals surface area contributed by atoms with Crippen LogP contribution >= 0.6 is 0 Å². The summed E-state index contributed by atoms with van der Waals surface area (Å²) in [5.74, 6) is 0. The number of benzene rings is 1. The minimum Gasteiger partial charge on any atom is -0.344 e. The second kappa shape index (κ2) is 8.61. The Morgan fingerprint density at radius 1 is 0.571 bits per heavy atom. The van der Waals surface area contributed by atoms with E-state index in [1.165, 1.54) is 101 Å². The maximum atomic E-state index is 3.06. The van der Waals surface area contributed by atoms with Crippen molar-refractivity contribution in [2.45, 2.75) is 114 Å². The van der Waals surface area contributed by atoms with Crippen LogP contribution in [-0.4, -0.2) is 27.6 Å². The summed E-state index contributed by atoms with van der Waals surface area (Å²) in [6, 6.07) is 14.5. The van der Waals surface area contributed by atoms with Gasteiger partial charge in [0, 0.05) is 35.9 Å². The lowest BCUT2D eigenvalue weighted by Gasteiger charge is -2.53. The van der Waals surface area contributed by atoms with Gasteiger partial charge in [-0.1, -0.05) is 69.6 Å². The van der Waals surface area contributed by atoms with Crippen LogP contribution in [0.2, 0.25) is 0 Å². The minimum atomic E-state index is 0.700. The van der Waals surface area contributed by atoms with Gasteiger partial charge in [-0.2, -0.15) is 0 Å². The molecule has 2 aliphatic heterocycles. The second-order valence-electron chi connectivity index (χ2n) is 9.80. The van der Waals surface area contributed by atoms with Gasteiger partial charge in [0.05, 0.1) is 0 Å². The average molecular weight is 379 g/mol. The van der Waals surface area contributed by atoms with Crippen molar-refractivity contribution in [2.24, 2.45) is 0 Å². The fraction of sp³-hybridized carbons (Fsp3) is 0.692. The third-order valence-electron chi connectivity index (χ3n) is 8.03. The van der Waals surface area contributed by atoms with Gasteiger partial charge in [-0.15, -0.1) is 0 Å². The van der Waals surface area contributed by atoms with Crippen molar-refractivity contribution < 1.29 is 0 Å². The van der Waals surface area contributed by atoms with E-state index >= 15 is 0 Å². The molecule has 3 fully saturated rings. The molecule has 1 aliphatic carbocycles. The molecule has 2 nitrogen and oxygen atoms in total. The SMILES string of the molecule is c1ccc2c(c1)ccn2C1C[C@H]2CCC[C@@H](C1)N2C1CCCCCCCCC1. The summed E-state index contributed by atoms with van der Waals surface area (Å²) < 4.78 is 2.62. The molecule has 1 aromatic carbocycles. The van der Waals surface area contributed by atoms with Gasteiger partial charge in [0.15, 0.2) is 0 Å². The van der Waals surface area contributed by atoms with Gasteiger partial charge in [0.1, 0.15) is 0 Å². The van der Waals surface area contributed by atoms with Crippen molar-refractivity contribution in [1.82, 2.24) is 9.47 Å². The van der Waals surface area contributed by atoms with Gasteiger partial charge in [0.2, 0.25) is 0 Å². The predicted molar refractivity (Wildman–Crippen MR) is 119 cm³/mol. The Hall–Kier alpha value is -1.28. The first-order valence-corrected chi connectivity index (χ1v) is 12.2. The fourth-order valence-corrected chi connectivity index (χ4v) is 6.72. The zero-order valence-electron chi connectivity index (χ0n) is 17.6. The van der Waals surface area contributed by atoms with Crippen LogP contribution in [0, 0.1) is 0 Å². The van der Waals surface area contributed by atoms with E-state index in [0.717, 1.165) is 18.1 Å². The summed E-state index contributed by atoms with van der Waals surface area (Å²) in [5.41, 5.74) is 1.44. The average Bonchev–Trinajstić information content (AvgIpc) is 3.15. The topological polar surface area (TPSA) is 8.17 Å². The maximum absolute atomic E-state index is 3.06. The number of piperidine rings is 2. The van der Waals surface area contributed by atoms with Crippen LogP contribution in [0.25, 0.3) is 10.9 Å². The number of hydrogen-bond donors (Lipinski definition) is 0. The van der Waals surface area contributed by atoms with Crippen LogP contribution in [-0.2, 0) is 0 Å². The van der Waals surface area contributed by atoms with E-state index in [-0.39, 0.29) is 0 Å². The minimum absolute atomic E-state index is 0.700. The molecule has 1 unspecified atom stereocenters. The van der Waals surface area contributed by atoms with Crippen molar-refractivity contribution in [3.8, 4) is 0 Å².